The molecule has 5 rings (SSSR count). The summed E-state index contributed by atoms with van der Waals surface area (Å²) in [4.78, 5) is 7.03. The Kier molecular flexibility index (Phi) is 3.69. The molecule has 1 aliphatic carbocycles. The van der Waals surface area contributed by atoms with E-state index >= 15 is 0 Å². The lowest BCUT2D eigenvalue weighted by Gasteiger charge is -2.17. The molecule has 0 unspecified atom stereocenters. The molecule has 2 aromatic heterocycles. The molecule has 0 N–H and O–H groups in total. The second-order valence-electron chi connectivity index (χ2n) is 7.46. The van der Waals surface area contributed by atoms with Crippen molar-refractivity contribution in [2.24, 2.45) is 0 Å². The predicted octanol–water partition coefficient (Wildman–Crippen LogP) is 4.58. The molecule has 0 atom stereocenters. The molecule has 1 saturated carbocycles. The highest BCUT2D eigenvalue weighted by molar-refractivity contribution is 5.69. The highest BCUT2D eigenvalue weighted by Gasteiger charge is 2.29. The lowest BCUT2D eigenvalue weighted by molar-refractivity contribution is 0.629. The van der Waals surface area contributed by atoms with Gasteiger partial charge in [-0.1, -0.05) is 6.92 Å². The van der Waals surface area contributed by atoms with Gasteiger partial charge in [0.25, 0.3) is 0 Å². The molecule has 1 saturated heterocycles. The summed E-state index contributed by atoms with van der Waals surface area (Å²) in [5.41, 5.74) is 4.32. The number of halogens is 1. The zero-order valence-corrected chi connectivity index (χ0v) is 15.1. The van der Waals surface area contributed by atoms with Gasteiger partial charge in [0.1, 0.15) is 11.6 Å². The largest absolute Gasteiger partial charge is 0.371 e. The molecule has 0 radical (unpaired) electrons. The summed E-state index contributed by atoms with van der Waals surface area (Å²) in [5, 5.41) is 4.71. The third-order valence-electron chi connectivity index (χ3n) is 5.53. The first kappa shape index (κ1) is 15.8. The summed E-state index contributed by atoms with van der Waals surface area (Å²) in [6, 6.07) is 9.60. The van der Waals surface area contributed by atoms with Crippen LogP contribution in [0.1, 0.15) is 50.0 Å². The van der Waals surface area contributed by atoms with Crippen LogP contribution in [0.5, 0.6) is 0 Å². The van der Waals surface area contributed by atoms with Crippen LogP contribution in [0.25, 0.3) is 16.8 Å². The summed E-state index contributed by atoms with van der Waals surface area (Å²) in [6.45, 7) is 4.15. The van der Waals surface area contributed by atoms with Crippen LogP contribution < -0.4 is 4.90 Å². The number of rotatable bonds is 4. The van der Waals surface area contributed by atoms with Crippen molar-refractivity contribution in [2.75, 3.05) is 18.0 Å². The van der Waals surface area contributed by atoms with E-state index in [0.717, 1.165) is 42.2 Å². The quantitative estimate of drug-likeness (QED) is 0.691. The standard InChI is InChI=1S/C21H23FN4/c1-2-15-11-17-13-20(24-26(17)21(23-15)14-5-6-14)18-8-7-16(12-19(18)22)25-9-3-4-10-25/h7-8,11-14H,2-6,9-10H2,1H3. The Morgan fingerprint density at radius 1 is 1.12 bits per heavy atom. The van der Waals surface area contributed by atoms with Gasteiger partial charge < -0.3 is 4.90 Å². The number of aryl methyl sites for hydroxylation is 1. The van der Waals surface area contributed by atoms with Gasteiger partial charge in [0, 0.05) is 36.0 Å². The smallest absolute Gasteiger partial charge is 0.134 e. The van der Waals surface area contributed by atoms with E-state index in [9.17, 15) is 4.39 Å². The minimum Gasteiger partial charge on any atom is -0.371 e. The molecule has 0 bridgehead atoms. The van der Waals surface area contributed by atoms with E-state index in [2.05, 4.69) is 17.9 Å². The van der Waals surface area contributed by atoms with Crippen molar-refractivity contribution in [3.05, 3.63) is 47.7 Å². The first-order valence-electron chi connectivity index (χ1n) is 9.67. The second-order valence-corrected chi connectivity index (χ2v) is 7.46. The van der Waals surface area contributed by atoms with Crippen molar-refractivity contribution < 1.29 is 4.39 Å². The van der Waals surface area contributed by atoms with Crippen LogP contribution >= 0.6 is 0 Å². The van der Waals surface area contributed by atoms with Crippen LogP contribution in [0.2, 0.25) is 0 Å². The highest BCUT2D eigenvalue weighted by atomic mass is 19.1. The maximum absolute atomic E-state index is 14.8. The summed E-state index contributed by atoms with van der Waals surface area (Å²) < 4.78 is 16.8. The van der Waals surface area contributed by atoms with Crippen molar-refractivity contribution in [1.29, 1.82) is 0 Å². The molecule has 134 valence electrons. The number of aromatic nitrogens is 3. The molecule has 2 aliphatic rings. The summed E-state index contributed by atoms with van der Waals surface area (Å²) in [5.74, 6) is 1.33. The number of hydrogen-bond acceptors (Lipinski definition) is 3. The molecule has 3 aromatic rings. The van der Waals surface area contributed by atoms with Crippen molar-refractivity contribution in [1.82, 2.24) is 14.6 Å². The van der Waals surface area contributed by atoms with E-state index in [4.69, 9.17) is 10.1 Å². The van der Waals surface area contributed by atoms with Crippen LogP contribution in [-0.2, 0) is 6.42 Å². The lowest BCUT2D eigenvalue weighted by Crippen LogP contribution is -2.17. The Morgan fingerprint density at radius 3 is 2.62 bits per heavy atom. The minimum atomic E-state index is -0.200. The molecule has 4 nitrogen and oxygen atoms in total. The Morgan fingerprint density at radius 2 is 1.92 bits per heavy atom. The molecule has 2 fully saturated rings. The van der Waals surface area contributed by atoms with Gasteiger partial charge in [-0.3, -0.25) is 0 Å². The number of benzene rings is 1. The molecule has 26 heavy (non-hydrogen) atoms. The van der Waals surface area contributed by atoms with Gasteiger partial charge in [-0.25, -0.2) is 13.9 Å². The van der Waals surface area contributed by atoms with E-state index in [-0.39, 0.29) is 5.82 Å². The number of anilines is 1. The molecular formula is C21H23FN4. The minimum absolute atomic E-state index is 0.200. The predicted molar refractivity (Wildman–Crippen MR) is 101 cm³/mol. The van der Waals surface area contributed by atoms with Crippen LogP contribution in [0.4, 0.5) is 10.1 Å². The summed E-state index contributed by atoms with van der Waals surface area (Å²) >= 11 is 0. The Bertz CT molecular complexity index is 968. The van der Waals surface area contributed by atoms with Gasteiger partial charge in [0.2, 0.25) is 0 Å². The average molecular weight is 350 g/mol. The topological polar surface area (TPSA) is 33.4 Å². The van der Waals surface area contributed by atoms with E-state index in [0.29, 0.717) is 17.2 Å². The van der Waals surface area contributed by atoms with Gasteiger partial charge >= 0.3 is 0 Å². The van der Waals surface area contributed by atoms with Crippen molar-refractivity contribution in [3.8, 4) is 11.3 Å². The molecule has 0 amide bonds. The maximum Gasteiger partial charge on any atom is 0.134 e. The van der Waals surface area contributed by atoms with E-state index in [1.807, 2.05) is 22.7 Å². The van der Waals surface area contributed by atoms with Gasteiger partial charge in [0.15, 0.2) is 0 Å². The summed E-state index contributed by atoms with van der Waals surface area (Å²) in [6.07, 6.45) is 5.61. The van der Waals surface area contributed by atoms with E-state index < -0.39 is 0 Å². The fourth-order valence-corrected chi connectivity index (χ4v) is 3.88. The second kappa shape index (κ2) is 6.08. The molecule has 0 spiro atoms. The Balaban J connectivity index is 1.57. The van der Waals surface area contributed by atoms with Gasteiger partial charge in [-0.2, -0.15) is 5.10 Å². The van der Waals surface area contributed by atoms with Crippen molar-refractivity contribution in [2.45, 2.75) is 44.9 Å². The normalized spacial score (nSPS) is 17.4. The van der Waals surface area contributed by atoms with Crippen molar-refractivity contribution >= 4 is 11.2 Å². The SMILES string of the molecule is CCc1cc2cc(-c3ccc(N4CCCC4)cc3F)nn2c(C2CC2)n1. The van der Waals surface area contributed by atoms with E-state index in [1.54, 1.807) is 6.07 Å². The number of nitrogens with zero attached hydrogens (tertiary/aromatic N) is 4. The molecule has 1 aliphatic heterocycles. The molecular weight excluding hydrogens is 327 g/mol. The molecule has 1 aromatic carbocycles. The van der Waals surface area contributed by atoms with E-state index in [1.165, 1.54) is 25.7 Å². The lowest BCUT2D eigenvalue weighted by atomic mass is 10.1. The van der Waals surface area contributed by atoms with Crippen LogP contribution in [0.15, 0.2) is 30.3 Å². The van der Waals surface area contributed by atoms with Crippen LogP contribution in [-0.4, -0.2) is 27.7 Å². The first-order chi connectivity index (χ1) is 12.7. The zero-order valence-electron chi connectivity index (χ0n) is 15.1. The number of fused-ring (bicyclic) bond motifs is 1. The number of hydrogen-bond donors (Lipinski definition) is 0. The molecule has 3 heterocycles. The third-order valence-corrected chi connectivity index (χ3v) is 5.53. The van der Waals surface area contributed by atoms with Crippen LogP contribution in [0, 0.1) is 5.82 Å². The fourth-order valence-electron chi connectivity index (χ4n) is 3.88. The highest BCUT2D eigenvalue weighted by Crippen LogP contribution is 2.39. The summed E-state index contributed by atoms with van der Waals surface area (Å²) in [7, 11) is 0. The van der Waals surface area contributed by atoms with Crippen molar-refractivity contribution in [3.63, 3.8) is 0 Å². The van der Waals surface area contributed by atoms with Gasteiger partial charge in [0.05, 0.1) is 11.2 Å². The monoisotopic (exact) mass is 350 g/mol. The van der Waals surface area contributed by atoms with Gasteiger partial charge in [-0.15, -0.1) is 0 Å². The average Bonchev–Trinajstić information content (AvgIpc) is 3.18. The zero-order chi connectivity index (χ0) is 17.7. The van der Waals surface area contributed by atoms with Gasteiger partial charge in [-0.05, 0) is 62.4 Å². The molecule has 5 heteroatoms. The maximum atomic E-state index is 14.8. The third kappa shape index (κ3) is 2.66. The Hall–Kier alpha value is -2.43. The fraction of sp³-hybridized carbons (Fsp3) is 0.429. The van der Waals surface area contributed by atoms with Crippen LogP contribution in [0.3, 0.4) is 0 Å². The first-order valence-corrected chi connectivity index (χ1v) is 9.67. The Labute approximate surface area is 152 Å².